The first kappa shape index (κ1) is 15.2. The second kappa shape index (κ2) is 6.33. The highest BCUT2D eigenvalue weighted by molar-refractivity contribution is 9.10. The second-order valence-corrected chi connectivity index (χ2v) is 6.24. The molecule has 1 amide bonds. The Balaban J connectivity index is 2.57. The lowest BCUT2D eigenvalue weighted by Crippen LogP contribution is -2.40. The first-order valence-corrected chi connectivity index (χ1v) is 7.23. The van der Waals surface area contributed by atoms with Gasteiger partial charge in [0.05, 0.1) is 6.61 Å². The molecule has 1 aromatic rings. The van der Waals surface area contributed by atoms with Gasteiger partial charge < -0.3 is 10.1 Å². The summed E-state index contributed by atoms with van der Waals surface area (Å²) in [6, 6.07) is 2.02. The summed E-state index contributed by atoms with van der Waals surface area (Å²) in [5.41, 5.74) is -0.223. The van der Waals surface area contributed by atoms with Gasteiger partial charge in [0, 0.05) is 26.7 Å². The van der Waals surface area contributed by atoms with E-state index in [1.807, 2.05) is 25.3 Å². The van der Waals surface area contributed by atoms with Crippen molar-refractivity contribution in [3.8, 4) is 0 Å². The summed E-state index contributed by atoms with van der Waals surface area (Å²) in [5.74, 6) is -1.53. The molecule has 1 aromatic heterocycles. The number of hydrogen-bond acceptors (Lipinski definition) is 4. The molecular formula is C12H16BrNO3S. The van der Waals surface area contributed by atoms with E-state index in [2.05, 4.69) is 26.0 Å². The van der Waals surface area contributed by atoms with Crippen LogP contribution in [0.1, 0.15) is 25.6 Å². The van der Waals surface area contributed by atoms with Gasteiger partial charge in [-0.05, 0) is 28.9 Å². The van der Waals surface area contributed by atoms with Crippen LogP contribution in [0, 0.1) is 0 Å². The van der Waals surface area contributed by atoms with E-state index in [-0.39, 0.29) is 12.0 Å². The van der Waals surface area contributed by atoms with Crippen LogP contribution in [-0.2, 0) is 19.7 Å². The topological polar surface area (TPSA) is 55.4 Å². The number of carbonyl (C=O) groups excluding carboxylic acids is 2. The van der Waals surface area contributed by atoms with Crippen molar-refractivity contribution < 1.29 is 14.3 Å². The summed E-state index contributed by atoms with van der Waals surface area (Å²) in [5, 5.41) is 4.58. The van der Waals surface area contributed by atoms with Gasteiger partial charge >= 0.3 is 11.9 Å². The van der Waals surface area contributed by atoms with E-state index in [0.29, 0.717) is 6.54 Å². The van der Waals surface area contributed by atoms with Gasteiger partial charge in [-0.3, -0.25) is 4.79 Å². The van der Waals surface area contributed by atoms with Crippen molar-refractivity contribution in [3.05, 3.63) is 20.8 Å². The van der Waals surface area contributed by atoms with Crippen molar-refractivity contribution >= 4 is 39.1 Å². The molecule has 6 heteroatoms. The minimum Gasteiger partial charge on any atom is -0.459 e. The Morgan fingerprint density at radius 3 is 2.67 bits per heavy atom. The molecule has 0 saturated heterocycles. The Bertz CT molecular complexity index is 442. The summed E-state index contributed by atoms with van der Waals surface area (Å²) in [6.45, 7) is 6.27. The van der Waals surface area contributed by atoms with Crippen LogP contribution in [0.25, 0.3) is 0 Å². The molecular weight excluding hydrogens is 318 g/mol. The van der Waals surface area contributed by atoms with Crippen molar-refractivity contribution in [1.29, 1.82) is 0 Å². The summed E-state index contributed by atoms with van der Waals surface area (Å²) < 4.78 is 5.64. The maximum absolute atomic E-state index is 11.4. The molecule has 0 atom stereocenters. The Morgan fingerprint density at radius 2 is 2.17 bits per heavy atom. The highest BCUT2D eigenvalue weighted by Gasteiger charge is 2.25. The molecule has 1 heterocycles. The number of amides is 1. The normalized spacial score (nSPS) is 11.1. The molecule has 0 saturated carbocycles. The van der Waals surface area contributed by atoms with Crippen molar-refractivity contribution in [2.24, 2.45) is 0 Å². The van der Waals surface area contributed by atoms with Crippen molar-refractivity contribution in [2.45, 2.75) is 26.2 Å². The van der Waals surface area contributed by atoms with Crippen molar-refractivity contribution in [1.82, 2.24) is 5.32 Å². The molecule has 0 radical (unpaired) electrons. The maximum atomic E-state index is 11.4. The third-order valence-electron chi connectivity index (χ3n) is 2.39. The van der Waals surface area contributed by atoms with Gasteiger partial charge in [0.25, 0.3) is 0 Å². The zero-order valence-electron chi connectivity index (χ0n) is 10.6. The summed E-state index contributed by atoms with van der Waals surface area (Å²) in [6.07, 6.45) is 0. The summed E-state index contributed by atoms with van der Waals surface area (Å²) >= 11 is 5.01. The number of thiophene rings is 1. The fourth-order valence-corrected chi connectivity index (χ4v) is 2.88. The van der Waals surface area contributed by atoms with Crippen molar-refractivity contribution in [3.63, 3.8) is 0 Å². The molecule has 0 spiro atoms. The van der Waals surface area contributed by atoms with Gasteiger partial charge in [-0.2, -0.15) is 0 Å². The molecule has 4 nitrogen and oxygen atoms in total. The monoisotopic (exact) mass is 333 g/mol. The average Bonchev–Trinajstić information content (AvgIpc) is 2.74. The van der Waals surface area contributed by atoms with Gasteiger partial charge in [0.2, 0.25) is 0 Å². The highest BCUT2D eigenvalue weighted by Crippen LogP contribution is 2.30. The van der Waals surface area contributed by atoms with Crippen molar-refractivity contribution in [2.75, 3.05) is 13.2 Å². The zero-order chi connectivity index (χ0) is 13.8. The van der Waals surface area contributed by atoms with E-state index in [9.17, 15) is 9.59 Å². The molecule has 1 N–H and O–H groups in total. The van der Waals surface area contributed by atoms with Gasteiger partial charge in [0.15, 0.2) is 0 Å². The number of ether oxygens (including phenoxy) is 1. The standard InChI is InChI=1S/C12H16BrNO3S/c1-4-17-11(16)10(15)14-7-12(2,3)9-5-8(13)6-18-9/h5-6H,4,7H2,1-3H3,(H,14,15). The van der Waals surface area contributed by atoms with Gasteiger partial charge in [-0.15, -0.1) is 11.3 Å². The average molecular weight is 334 g/mol. The van der Waals surface area contributed by atoms with E-state index in [4.69, 9.17) is 0 Å². The predicted octanol–water partition coefficient (Wildman–Crippen LogP) is 2.47. The predicted molar refractivity (Wildman–Crippen MR) is 74.7 cm³/mol. The molecule has 0 aliphatic heterocycles. The van der Waals surface area contributed by atoms with E-state index in [1.54, 1.807) is 18.3 Å². The van der Waals surface area contributed by atoms with Crippen LogP contribution in [0.15, 0.2) is 15.9 Å². The molecule has 1 rings (SSSR count). The Kier molecular flexibility index (Phi) is 5.34. The molecule has 0 unspecified atom stereocenters. The first-order valence-electron chi connectivity index (χ1n) is 5.56. The Morgan fingerprint density at radius 1 is 1.50 bits per heavy atom. The van der Waals surface area contributed by atoms with E-state index in [1.165, 1.54) is 0 Å². The lowest BCUT2D eigenvalue weighted by Gasteiger charge is -2.23. The number of nitrogens with one attached hydrogen (secondary N) is 1. The fourth-order valence-electron chi connectivity index (χ4n) is 1.33. The number of halogens is 1. The number of esters is 1. The lowest BCUT2D eigenvalue weighted by molar-refractivity contribution is -0.154. The largest absolute Gasteiger partial charge is 0.459 e. The molecule has 0 bridgehead atoms. The van der Waals surface area contributed by atoms with Crippen LogP contribution < -0.4 is 5.32 Å². The van der Waals surface area contributed by atoms with Crippen LogP contribution in [0.3, 0.4) is 0 Å². The highest BCUT2D eigenvalue weighted by atomic mass is 79.9. The van der Waals surface area contributed by atoms with Gasteiger partial charge in [0.1, 0.15) is 0 Å². The molecule has 0 aliphatic carbocycles. The smallest absolute Gasteiger partial charge is 0.396 e. The van der Waals surface area contributed by atoms with E-state index in [0.717, 1.165) is 9.35 Å². The van der Waals surface area contributed by atoms with Crippen LogP contribution in [0.4, 0.5) is 0 Å². The number of carbonyl (C=O) groups is 2. The third kappa shape index (κ3) is 4.10. The molecule has 0 fully saturated rings. The minimum atomic E-state index is -0.833. The SMILES string of the molecule is CCOC(=O)C(=O)NCC(C)(C)c1cc(Br)cs1. The van der Waals surface area contributed by atoms with Crippen LogP contribution in [-0.4, -0.2) is 25.0 Å². The molecule has 18 heavy (non-hydrogen) atoms. The quantitative estimate of drug-likeness (QED) is 0.680. The summed E-state index contributed by atoms with van der Waals surface area (Å²) in [7, 11) is 0. The molecule has 0 aliphatic rings. The first-order chi connectivity index (χ1) is 8.36. The van der Waals surface area contributed by atoms with Gasteiger partial charge in [-0.25, -0.2) is 4.79 Å². The number of hydrogen-bond donors (Lipinski definition) is 1. The molecule has 100 valence electrons. The summed E-state index contributed by atoms with van der Waals surface area (Å²) in [4.78, 5) is 23.7. The van der Waals surface area contributed by atoms with E-state index >= 15 is 0 Å². The second-order valence-electron chi connectivity index (χ2n) is 4.42. The van der Waals surface area contributed by atoms with E-state index < -0.39 is 11.9 Å². The minimum absolute atomic E-state index is 0.202. The van der Waals surface area contributed by atoms with Crippen LogP contribution in [0.5, 0.6) is 0 Å². The molecule has 0 aromatic carbocycles. The third-order valence-corrected chi connectivity index (χ3v) is 4.44. The fraction of sp³-hybridized carbons (Fsp3) is 0.500. The zero-order valence-corrected chi connectivity index (χ0v) is 13.0. The Labute approximate surface area is 119 Å². The lowest BCUT2D eigenvalue weighted by atomic mass is 9.91. The van der Waals surface area contributed by atoms with Crippen LogP contribution in [0.2, 0.25) is 0 Å². The number of rotatable bonds is 4. The maximum Gasteiger partial charge on any atom is 0.396 e. The Hall–Kier alpha value is -0.880. The van der Waals surface area contributed by atoms with Crippen LogP contribution >= 0.6 is 27.3 Å². The van der Waals surface area contributed by atoms with Gasteiger partial charge in [-0.1, -0.05) is 13.8 Å².